The van der Waals surface area contributed by atoms with Gasteiger partial charge >= 0.3 is 0 Å². The van der Waals surface area contributed by atoms with Crippen LogP contribution in [-0.4, -0.2) is 16.8 Å². The zero-order valence-corrected chi connectivity index (χ0v) is 25.0. The summed E-state index contributed by atoms with van der Waals surface area (Å²) in [5.41, 5.74) is -0.0731. The van der Waals surface area contributed by atoms with Crippen molar-refractivity contribution in [2.24, 2.45) is 58.2 Å². The standard InChI is InChI=1S/C35H51NO3/c1-21(2)9-8-10-22(3)25-15-16-26-24-14-13-23-19-31(37)29(20-34(23,5)27(24)17-18-33(25,26)4)35(39)28-11-6-7-12-30(28)36-32(35)38/h6-7,11-12,21-27,29,39H,8-10,13-20H2,1-5H3,(H,36,38). The summed E-state index contributed by atoms with van der Waals surface area (Å²) in [6, 6.07) is 7.39. The van der Waals surface area contributed by atoms with E-state index in [2.05, 4.69) is 39.9 Å². The van der Waals surface area contributed by atoms with Crippen LogP contribution in [0.2, 0.25) is 0 Å². The first-order valence-electron chi connectivity index (χ1n) is 16.2. The lowest BCUT2D eigenvalue weighted by atomic mass is 9.43. The van der Waals surface area contributed by atoms with Crippen LogP contribution in [0.4, 0.5) is 5.69 Å². The van der Waals surface area contributed by atoms with Crippen molar-refractivity contribution in [3.63, 3.8) is 0 Å². The molecule has 0 bridgehead atoms. The Morgan fingerprint density at radius 3 is 2.46 bits per heavy atom. The lowest BCUT2D eigenvalue weighted by molar-refractivity contribution is -0.171. The molecule has 0 radical (unpaired) electrons. The number of para-hydroxylation sites is 1. The predicted octanol–water partition coefficient (Wildman–Crippen LogP) is 7.74. The second-order valence-corrected chi connectivity index (χ2v) is 15.4. The number of nitrogens with one attached hydrogen (secondary N) is 1. The number of hydrogen-bond donors (Lipinski definition) is 2. The second-order valence-electron chi connectivity index (χ2n) is 15.4. The van der Waals surface area contributed by atoms with Crippen LogP contribution >= 0.6 is 0 Å². The van der Waals surface area contributed by atoms with Crippen molar-refractivity contribution in [3.8, 4) is 0 Å². The quantitative estimate of drug-likeness (QED) is 0.393. The summed E-state index contributed by atoms with van der Waals surface area (Å²) in [4.78, 5) is 26.9. The molecule has 10 unspecified atom stereocenters. The molecule has 1 aliphatic heterocycles. The van der Waals surface area contributed by atoms with E-state index in [1.165, 1.54) is 51.4 Å². The fourth-order valence-corrected chi connectivity index (χ4v) is 11.1. The van der Waals surface area contributed by atoms with Crippen molar-refractivity contribution in [2.75, 3.05) is 5.32 Å². The largest absolute Gasteiger partial charge is 0.375 e. The Morgan fingerprint density at radius 1 is 0.949 bits per heavy atom. The molecule has 1 amide bonds. The maximum atomic E-state index is 13.6. The Kier molecular flexibility index (Phi) is 6.84. The topological polar surface area (TPSA) is 66.4 Å². The summed E-state index contributed by atoms with van der Waals surface area (Å²) in [6.45, 7) is 12.3. The van der Waals surface area contributed by atoms with E-state index in [9.17, 15) is 14.7 Å². The predicted molar refractivity (Wildman–Crippen MR) is 156 cm³/mol. The normalized spacial score (nSPS) is 43.9. The van der Waals surface area contributed by atoms with Gasteiger partial charge in [0.25, 0.3) is 5.91 Å². The molecule has 4 aliphatic carbocycles. The highest BCUT2D eigenvalue weighted by molar-refractivity contribution is 6.08. The third-order valence-corrected chi connectivity index (χ3v) is 13.2. The van der Waals surface area contributed by atoms with Gasteiger partial charge in [0.2, 0.25) is 0 Å². The highest BCUT2D eigenvalue weighted by Gasteiger charge is 2.64. The minimum absolute atomic E-state index is 0.00264. The molecule has 0 aromatic heterocycles. The molecule has 1 aromatic rings. The Balaban J connectivity index is 1.24. The maximum absolute atomic E-state index is 13.6. The van der Waals surface area contributed by atoms with Crippen LogP contribution in [0.25, 0.3) is 0 Å². The third kappa shape index (κ3) is 4.09. The summed E-state index contributed by atoms with van der Waals surface area (Å²) < 4.78 is 0. The lowest BCUT2D eigenvalue weighted by Crippen LogP contribution is -2.58. The minimum atomic E-state index is -1.75. The number of anilines is 1. The first-order chi connectivity index (χ1) is 18.5. The van der Waals surface area contributed by atoms with Crippen LogP contribution in [0.5, 0.6) is 0 Å². The SMILES string of the molecule is CC(C)CCCC(C)C1CCC2C3CCC4CC(=O)C(C5(O)C(=O)Nc6ccccc65)CC4(C)C3CCC12C. The van der Waals surface area contributed by atoms with Crippen LogP contribution < -0.4 is 5.32 Å². The summed E-state index contributed by atoms with van der Waals surface area (Å²) in [5.74, 6) is 3.89. The average molecular weight is 534 g/mol. The van der Waals surface area contributed by atoms with E-state index < -0.39 is 17.4 Å². The van der Waals surface area contributed by atoms with Crippen LogP contribution in [0, 0.1) is 58.2 Å². The molecule has 4 heteroatoms. The smallest absolute Gasteiger partial charge is 0.261 e. The van der Waals surface area contributed by atoms with E-state index in [-0.39, 0.29) is 11.2 Å². The van der Waals surface area contributed by atoms with E-state index in [0.717, 1.165) is 30.1 Å². The Labute approximate surface area is 236 Å². The first-order valence-corrected chi connectivity index (χ1v) is 16.2. The number of carbonyl (C=O) groups excluding carboxylic acids is 2. The molecule has 1 aromatic carbocycles. The van der Waals surface area contributed by atoms with Crippen LogP contribution in [0.3, 0.4) is 0 Å². The number of carbonyl (C=O) groups is 2. The second kappa shape index (κ2) is 9.71. The molecular weight excluding hydrogens is 482 g/mol. The summed E-state index contributed by atoms with van der Waals surface area (Å²) in [5, 5.41) is 14.8. The number of hydrogen-bond acceptors (Lipinski definition) is 3. The van der Waals surface area contributed by atoms with Crippen molar-refractivity contribution in [1.29, 1.82) is 0 Å². The fraction of sp³-hybridized carbons (Fsp3) is 0.771. The summed E-state index contributed by atoms with van der Waals surface area (Å²) in [7, 11) is 0. The van der Waals surface area contributed by atoms with E-state index in [1.54, 1.807) is 0 Å². The van der Waals surface area contributed by atoms with Gasteiger partial charge in [-0.1, -0.05) is 72.1 Å². The van der Waals surface area contributed by atoms with Gasteiger partial charge < -0.3 is 10.4 Å². The summed E-state index contributed by atoms with van der Waals surface area (Å²) in [6.07, 6.45) is 12.9. The zero-order chi connectivity index (χ0) is 27.7. The highest BCUT2D eigenvalue weighted by Crippen LogP contribution is 2.69. The molecule has 10 atom stereocenters. The zero-order valence-electron chi connectivity index (χ0n) is 25.0. The first kappa shape index (κ1) is 27.5. The van der Waals surface area contributed by atoms with Crippen molar-refractivity contribution in [2.45, 2.75) is 111 Å². The fourth-order valence-electron chi connectivity index (χ4n) is 11.1. The number of ketones is 1. The van der Waals surface area contributed by atoms with Crippen molar-refractivity contribution < 1.29 is 14.7 Å². The van der Waals surface area contributed by atoms with E-state index in [1.807, 2.05) is 24.3 Å². The van der Waals surface area contributed by atoms with Gasteiger partial charge in [0, 0.05) is 17.7 Å². The van der Waals surface area contributed by atoms with Crippen LogP contribution in [0.1, 0.15) is 111 Å². The molecule has 0 spiro atoms. The Morgan fingerprint density at radius 2 is 1.69 bits per heavy atom. The molecule has 214 valence electrons. The number of rotatable bonds is 6. The molecule has 0 saturated heterocycles. The van der Waals surface area contributed by atoms with Gasteiger partial charge in [0.05, 0.1) is 5.92 Å². The van der Waals surface area contributed by atoms with Crippen LogP contribution in [-0.2, 0) is 15.2 Å². The third-order valence-electron chi connectivity index (χ3n) is 13.2. The van der Waals surface area contributed by atoms with Gasteiger partial charge in [-0.15, -0.1) is 0 Å². The number of aliphatic hydroxyl groups is 1. The molecule has 2 N–H and O–H groups in total. The van der Waals surface area contributed by atoms with Gasteiger partial charge in [-0.25, -0.2) is 0 Å². The van der Waals surface area contributed by atoms with Crippen molar-refractivity contribution in [3.05, 3.63) is 29.8 Å². The lowest BCUT2D eigenvalue weighted by Gasteiger charge is -2.62. The van der Waals surface area contributed by atoms with Gasteiger partial charge in [0.1, 0.15) is 5.78 Å². The summed E-state index contributed by atoms with van der Waals surface area (Å²) >= 11 is 0. The van der Waals surface area contributed by atoms with Crippen molar-refractivity contribution >= 4 is 17.4 Å². The number of fused-ring (bicyclic) bond motifs is 6. The Hall–Kier alpha value is -1.68. The van der Waals surface area contributed by atoms with Crippen LogP contribution in [0.15, 0.2) is 24.3 Å². The molecule has 6 rings (SSSR count). The van der Waals surface area contributed by atoms with Crippen molar-refractivity contribution in [1.82, 2.24) is 0 Å². The van der Waals surface area contributed by atoms with E-state index in [4.69, 9.17) is 0 Å². The van der Waals surface area contributed by atoms with Gasteiger partial charge in [0.15, 0.2) is 5.60 Å². The molecule has 39 heavy (non-hydrogen) atoms. The monoisotopic (exact) mass is 533 g/mol. The van der Waals surface area contributed by atoms with Gasteiger partial charge in [-0.05, 0) is 103 Å². The van der Waals surface area contributed by atoms with Gasteiger partial charge in [-0.3, -0.25) is 9.59 Å². The molecule has 4 nitrogen and oxygen atoms in total. The van der Waals surface area contributed by atoms with E-state index >= 15 is 0 Å². The number of amides is 1. The van der Waals surface area contributed by atoms with Gasteiger partial charge in [-0.2, -0.15) is 0 Å². The number of Topliss-reactive ketones (excluding diaryl/α,β-unsaturated/α-hetero) is 1. The molecular formula is C35H51NO3. The average Bonchev–Trinajstić information content (AvgIpc) is 3.38. The number of benzene rings is 1. The Bertz CT molecular complexity index is 1130. The van der Waals surface area contributed by atoms with E-state index in [0.29, 0.717) is 47.3 Å². The molecule has 1 heterocycles. The molecule has 4 saturated carbocycles. The highest BCUT2D eigenvalue weighted by atomic mass is 16.3. The maximum Gasteiger partial charge on any atom is 0.261 e. The molecule has 4 fully saturated rings. The minimum Gasteiger partial charge on any atom is -0.375 e. The molecule has 5 aliphatic rings.